The lowest BCUT2D eigenvalue weighted by atomic mass is 10.1. The van der Waals surface area contributed by atoms with Gasteiger partial charge in [0.15, 0.2) is 5.69 Å². The lowest BCUT2D eigenvalue weighted by Crippen LogP contribution is -2.33. The molecule has 2 aromatic rings. The van der Waals surface area contributed by atoms with Gasteiger partial charge < -0.3 is 30.4 Å². The smallest absolute Gasteiger partial charge is 0.270 e. The van der Waals surface area contributed by atoms with Gasteiger partial charge in [-0.3, -0.25) is 9.59 Å². The third-order valence-electron chi connectivity index (χ3n) is 5.84. The summed E-state index contributed by atoms with van der Waals surface area (Å²) in [6.07, 6.45) is 0.977. The third kappa shape index (κ3) is 4.90. The van der Waals surface area contributed by atoms with Gasteiger partial charge in [0, 0.05) is 19.2 Å². The first-order valence-corrected chi connectivity index (χ1v) is 11.1. The van der Waals surface area contributed by atoms with E-state index in [-0.39, 0.29) is 41.7 Å². The minimum absolute atomic E-state index is 0.0258. The second kappa shape index (κ2) is 9.08. The molecule has 0 radical (unpaired) electrons. The molecule has 2 aliphatic heterocycles. The number of hydrogen-bond donors (Lipinski definition) is 3. The van der Waals surface area contributed by atoms with Gasteiger partial charge in [-0.05, 0) is 45.8 Å². The molecule has 1 unspecified atom stereocenters. The van der Waals surface area contributed by atoms with Crippen LogP contribution in [0.1, 0.15) is 46.8 Å². The van der Waals surface area contributed by atoms with Crippen molar-refractivity contribution in [3.05, 3.63) is 34.9 Å². The normalized spacial score (nSPS) is 17.6. The van der Waals surface area contributed by atoms with Gasteiger partial charge in [-0.2, -0.15) is 0 Å². The van der Waals surface area contributed by atoms with Crippen molar-refractivity contribution >= 4 is 11.8 Å². The molecule has 2 aliphatic rings. The number of aliphatic hydroxyl groups is 1. The van der Waals surface area contributed by atoms with Crippen molar-refractivity contribution in [1.82, 2.24) is 19.8 Å². The highest BCUT2D eigenvalue weighted by Gasteiger charge is 2.31. The Kier molecular flexibility index (Phi) is 6.34. The molecule has 4 rings (SSSR count). The van der Waals surface area contributed by atoms with E-state index in [1.165, 1.54) is 26.0 Å². The molecule has 2 amide bonds. The summed E-state index contributed by atoms with van der Waals surface area (Å²) in [4.78, 5) is 31.9. The number of fused-ring (bicyclic) bond motifs is 3. The van der Waals surface area contributed by atoms with E-state index in [0.29, 0.717) is 18.0 Å². The van der Waals surface area contributed by atoms with Crippen LogP contribution in [0, 0.1) is 23.6 Å². The monoisotopic (exact) mass is 469 g/mol. The van der Waals surface area contributed by atoms with Crippen molar-refractivity contribution in [3.8, 4) is 29.0 Å². The summed E-state index contributed by atoms with van der Waals surface area (Å²) in [5, 5.41) is 12.8. The molecule has 1 fully saturated rings. The number of halogens is 1. The van der Waals surface area contributed by atoms with Crippen molar-refractivity contribution in [2.75, 3.05) is 33.3 Å². The van der Waals surface area contributed by atoms with Gasteiger partial charge in [0.1, 0.15) is 35.3 Å². The van der Waals surface area contributed by atoms with Crippen LogP contribution in [0.2, 0.25) is 0 Å². The summed E-state index contributed by atoms with van der Waals surface area (Å²) in [6, 6.07) is 2.63. The van der Waals surface area contributed by atoms with Crippen LogP contribution in [0.5, 0.6) is 5.75 Å². The Balaban J connectivity index is 1.74. The number of likely N-dealkylation sites (tertiary alicyclic amines) is 1. The highest BCUT2D eigenvalue weighted by molar-refractivity contribution is 6.05. The molecule has 0 spiro atoms. The van der Waals surface area contributed by atoms with Gasteiger partial charge in [0.25, 0.3) is 11.8 Å². The van der Waals surface area contributed by atoms with Gasteiger partial charge >= 0.3 is 0 Å². The van der Waals surface area contributed by atoms with Gasteiger partial charge in [0.05, 0.1) is 17.7 Å². The molecule has 1 atom stereocenters. The molecular formula is C24H28FN5O4. The summed E-state index contributed by atoms with van der Waals surface area (Å²) in [6.45, 7) is 5.65. The first-order valence-electron chi connectivity index (χ1n) is 11.1. The van der Waals surface area contributed by atoms with Gasteiger partial charge in [0.2, 0.25) is 0 Å². The highest BCUT2D eigenvalue weighted by atomic mass is 19.1. The molecule has 1 aromatic heterocycles. The number of nitrogens with one attached hydrogen (secondary N) is 1. The molecule has 0 aliphatic carbocycles. The number of hydrogen-bond acceptors (Lipinski definition) is 6. The number of amides is 2. The number of carbonyl (C=O) groups is 2. The topological polar surface area (TPSA) is 123 Å². The molecule has 1 saturated heterocycles. The van der Waals surface area contributed by atoms with Crippen LogP contribution in [-0.4, -0.2) is 70.3 Å². The first-order chi connectivity index (χ1) is 16.0. The van der Waals surface area contributed by atoms with E-state index in [9.17, 15) is 19.1 Å². The lowest BCUT2D eigenvalue weighted by molar-refractivity contribution is 0.0920. The fourth-order valence-corrected chi connectivity index (χ4v) is 4.20. The van der Waals surface area contributed by atoms with Gasteiger partial charge in [-0.1, -0.05) is 11.8 Å². The van der Waals surface area contributed by atoms with Gasteiger partial charge in [-0.25, -0.2) is 9.37 Å². The zero-order valence-electron chi connectivity index (χ0n) is 19.4. The van der Waals surface area contributed by atoms with Crippen LogP contribution >= 0.6 is 0 Å². The minimum Gasteiger partial charge on any atom is -0.491 e. The zero-order valence-corrected chi connectivity index (χ0v) is 19.4. The number of benzene rings is 1. The van der Waals surface area contributed by atoms with Crippen molar-refractivity contribution in [2.45, 2.75) is 32.4 Å². The predicted molar refractivity (Wildman–Crippen MR) is 123 cm³/mol. The Labute approximate surface area is 197 Å². The maximum absolute atomic E-state index is 14.6. The Morgan fingerprint density at radius 2 is 2.15 bits per heavy atom. The number of nitrogens with two attached hydrogens (primary N) is 1. The largest absolute Gasteiger partial charge is 0.491 e. The minimum atomic E-state index is -1.31. The molecule has 10 heteroatoms. The van der Waals surface area contributed by atoms with Crippen LogP contribution in [0.25, 0.3) is 11.4 Å². The summed E-state index contributed by atoms with van der Waals surface area (Å²) >= 11 is 0. The summed E-state index contributed by atoms with van der Waals surface area (Å²) in [7, 11) is 2.03. The van der Waals surface area contributed by atoms with Crippen molar-refractivity contribution in [1.29, 1.82) is 0 Å². The van der Waals surface area contributed by atoms with E-state index in [2.05, 4.69) is 27.0 Å². The number of carbonyl (C=O) groups excluding carboxylic acids is 2. The molecular weight excluding hydrogens is 441 g/mol. The lowest BCUT2D eigenvalue weighted by Gasteiger charge is -2.13. The summed E-state index contributed by atoms with van der Waals surface area (Å²) in [5.74, 6) is 4.11. The van der Waals surface area contributed by atoms with Crippen LogP contribution < -0.4 is 15.8 Å². The maximum atomic E-state index is 14.6. The molecule has 34 heavy (non-hydrogen) atoms. The van der Waals surface area contributed by atoms with Crippen LogP contribution in [0.3, 0.4) is 0 Å². The Hall–Kier alpha value is -3.42. The van der Waals surface area contributed by atoms with Crippen molar-refractivity contribution in [2.24, 2.45) is 11.7 Å². The number of imidazole rings is 1. The molecule has 1 aromatic carbocycles. The van der Waals surface area contributed by atoms with Crippen molar-refractivity contribution < 1.29 is 23.8 Å². The van der Waals surface area contributed by atoms with E-state index in [4.69, 9.17) is 10.5 Å². The van der Waals surface area contributed by atoms with E-state index >= 15 is 0 Å². The average Bonchev–Trinajstić information content (AvgIpc) is 3.30. The second-order valence-electron chi connectivity index (χ2n) is 9.26. The zero-order chi connectivity index (χ0) is 24.6. The van der Waals surface area contributed by atoms with E-state index in [1.807, 2.05) is 7.05 Å². The highest BCUT2D eigenvalue weighted by Crippen LogP contribution is 2.35. The predicted octanol–water partition coefficient (Wildman–Crippen LogP) is 0.984. The van der Waals surface area contributed by atoms with Crippen LogP contribution in [0.15, 0.2) is 12.1 Å². The first kappa shape index (κ1) is 23.7. The van der Waals surface area contributed by atoms with E-state index < -0.39 is 23.2 Å². The number of primary amides is 1. The number of ether oxygens (including phenoxy) is 1. The van der Waals surface area contributed by atoms with Crippen LogP contribution in [0.4, 0.5) is 4.39 Å². The standard InChI is InChI=1S/C24H28FN5O4/c1-24(2,33)6-4-15-10-16-18(11-17(15)25)34-9-8-30-20(19(21(26)31)28-22(16)30)23(32)27-12-14-5-7-29(3)13-14/h10-11,14,33H,5,7-9,12-13H2,1-3H3,(H2,26,31)(H,27,32). The molecule has 9 nitrogen and oxygen atoms in total. The Morgan fingerprint density at radius 1 is 1.38 bits per heavy atom. The fourth-order valence-electron chi connectivity index (χ4n) is 4.20. The van der Waals surface area contributed by atoms with Crippen molar-refractivity contribution in [3.63, 3.8) is 0 Å². The number of rotatable bonds is 4. The fraction of sp³-hybridized carbons (Fsp3) is 0.458. The molecule has 180 valence electrons. The number of nitrogens with zero attached hydrogens (tertiary/aromatic N) is 3. The summed E-state index contributed by atoms with van der Waals surface area (Å²) in [5.41, 5.74) is 4.55. The molecule has 4 N–H and O–H groups in total. The molecule has 0 bridgehead atoms. The van der Waals surface area contributed by atoms with E-state index in [0.717, 1.165) is 19.5 Å². The SMILES string of the molecule is CN1CCC(CNC(=O)c2c(C(N)=O)nc3n2CCOc2cc(F)c(C#CC(C)(C)O)cc2-3)C1. The Bertz CT molecular complexity index is 1200. The van der Waals surface area contributed by atoms with E-state index in [1.54, 1.807) is 4.57 Å². The second-order valence-corrected chi connectivity index (χ2v) is 9.26. The quantitative estimate of drug-likeness (QED) is 0.574. The molecule has 0 saturated carbocycles. The van der Waals surface area contributed by atoms with Gasteiger partial charge in [-0.15, -0.1) is 0 Å². The third-order valence-corrected chi connectivity index (χ3v) is 5.84. The number of aromatic nitrogens is 2. The summed E-state index contributed by atoms with van der Waals surface area (Å²) < 4.78 is 21.9. The molecule has 3 heterocycles. The maximum Gasteiger partial charge on any atom is 0.270 e. The average molecular weight is 470 g/mol. The van der Waals surface area contributed by atoms with Crippen LogP contribution in [-0.2, 0) is 6.54 Å². The Morgan fingerprint density at radius 3 is 2.79 bits per heavy atom.